The molecule has 1 N–H and O–H groups in total. The van der Waals surface area contributed by atoms with Gasteiger partial charge in [0, 0.05) is 24.5 Å². The van der Waals surface area contributed by atoms with Crippen molar-refractivity contribution in [2.75, 3.05) is 0 Å². The minimum atomic E-state index is -1.24. The van der Waals surface area contributed by atoms with Crippen LogP contribution in [0.1, 0.15) is 16.1 Å². The molecule has 16 heavy (non-hydrogen) atoms. The monoisotopic (exact) mass is 220 g/mol. The summed E-state index contributed by atoms with van der Waals surface area (Å²) in [5.41, 5.74) is -0.775. The summed E-state index contributed by atoms with van der Waals surface area (Å²) in [6, 6.07) is 2.87. The summed E-state index contributed by atoms with van der Waals surface area (Å²) < 4.78 is 6.42. The van der Waals surface area contributed by atoms with Gasteiger partial charge < -0.3 is 14.2 Å². The number of nitrogens with zero attached hydrogens (tertiary/aromatic N) is 2. The van der Waals surface area contributed by atoms with Crippen LogP contribution in [0.2, 0.25) is 0 Å². The Morgan fingerprint density at radius 2 is 2.31 bits per heavy atom. The average Bonchev–Trinajstić information content (AvgIpc) is 2.73. The first-order valence-electron chi connectivity index (χ1n) is 4.50. The van der Waals surface area contributed by atoms with Crippen molar-refractivity contribution in [3.05, 3.63) is 52.3 Å². The first-order chi connectivity index (χ1) is 7.66. The van der Waals surface area contributed by atoms with Gasteiger partial charge in [0.2, 0.25) is 0 Å². The van der Waals surface area contributed by atoms with Crippen molar-refractivity contribution in [2.45, 2.75) is 6.54 Å². The van der Waals surface area contributed by atoms with E-state index in [0.29, 0.717) is 12.3 Å². The van der Waals surface area contributed by atoms with Crippen molar-refractivity contribution in [3.63, 3.8) is 0 Å². The van der Waals surface area contributed by atoms with Crippen LogP contribution in [0.3, 0.4) is 0 Å². The summed E-state index contributed by atoms with van der Waals surface area (Å²) in [7, 11) is 0. The SMILES string of the molecule is O=C(O)c1cn(Cc2ccno2)ccc1=O. The number of carboxylic acids is 1. The summed E-state index contributed by atoms with van der Waals surface area (Å²) in [6.45, 7) is 0.334. The summed E-state index contributed by atoms with van der Waals surface area (Å²) >= 11 is 0. The van der Waals surface area contributed by atoms with Gasteiger partial charge in [0.1, 0.15) is 5.56 Å². The minimum Gasteiger partial charge on any atom is -0.477 e. The lowest BCUT2D eigenvalue weighted by molar-refractivity contribution is 0.0694. The fraction of sp³-hybridized carbons (Fsp3) is 0.100. The van der Waals surface area contributed by atoms with Crippen LogP contribution in [0.15, 0.2) is 40.0 Å². The van der Waals surface area contributed by atoms with Gasteiger partial charge in [-0.25, -0.2) is 4.79 Å². The van der Waals surface area contributed by atoms with Gasteiger partial charge in [0.05, 0.1) is 12.7 Å². The number of hydrogen-bond acceptors (Lipinski definition) is 4. The van der Waals surface area contributed by atoms with Gasteiger partial charge in [-0.1, -0.05) is 5.16 Å². The molecule has 6 heteroatoms. The Labute approximate surface area is 89.7 Å². The highest BCUT2D eigenvalue weighted by Crippen LogP contribution is 2.01. The van der Waals surface area contributed by atoms with E-state index in [-0.39, 0.29) is 5.56 Å². The van der Waals surface area contributed by atoms with Crippen LogP contribution in [-0.4, -0.2) is 20.8 Å². The van der Waals surface area contributed by atoms with E-state index in [0.717, 1.165) is 0 Å². The smallest absolute Gasteiger partial charge is 0.341 e. The van der Waals surface area contributed by atoms with Crippen LogP contribution in [0.25, 0.3) is 0 Å². The Balaban J connectivity index is 2.33. The van der Waals surface area contributed by atoms with Crippen LogP contribution < -0.4 is 5.43 Å². The van der Waals surface area contributed by atoms with Gasteiger partial charge in [0.15, 0.2) is 11.2 Å². The highest BCUT2D eigenvalue weighted by Gasteiger charge is 2.08. The Bertz CT molecular complexity index is 556. The number of carboxylic acid groups (broad SMARTS) is 1. The normalized spacial score (nSPS) is 10.2. The molecule has 0 aliphatic rings. The van der Waals surface area contributed by atoms with E-state index in [1.54, 1.807) is 10.6 Å². The van der Waals surface area contributed by atoms with Crippen LogP contribution >= 0.6 is 0 Å². The number of rotatable bonds is 3. The zero-order chi connectivity index (χ0) is 11.5. The quantitative estimate of drug-likeness (QED) is 0.817. The van der Waals surface area contributed by atoms with Crippen molar-refractivity contribution in [1.82, 2.24) is 9.72 Å². The van der Waals surface area contributed by atoms with Gasteiger partial charge in [0.25, 0.3) is 0 Å². The molecule has 0 unspecified atom stereocenters. The van der Waals surface area contributed by atoms with Gasteiger partial charge >= 0.3 is 5.97 Å². The van der Waals surface area contributed by atoms with E-state index >= 15 is 0 Å². The van der Waals surface area contributed by atoms with E-state index in [1.807, 2.05) is 0 Å². The van der Waals surface area contributed by atoms with E-state index in [4.69, 9.17) is 9.63 Å². The van der Waals surface area contributed by atoms with E-state index in [1.165, 1.54) is 24.7 Å². The van der Waals surface area contributed by atoms with Crippen molar-refractivity contribution < 1.29 is 14.4 Å². The number of aromatic carboxylic acids is 1. The third-order valence-electron chi connectivity index (χ3n) is 2.04. The van der Waals surface area contributed by atoms with Crippen LogP contribution in [0, 0.1) is 0 Å². The molecule has 0 atom stereocenters. The first-order valence-corrected chi connectivity index (χ1v) is 4.50. The molecule has 0 amide bonds. The molecule has 0 aliphatic carbocycles. The molecule has 0 radical (unpaired) electrons. The molecule has 0 aliphatic heterocycles. The van der Waals surface area contributed by atoms with Crippen LogP contribution in [0.4, 0.5) is 0 Å². The molecule has 0 saturated heterocycles. The molecule has 0 aromatic carbocycles. The van der Waals surface area contributed by atoms with Crippen LogP contribution in [-0.2, 0) is 6.54 Å². The topological polar surface area (TPSA) is 85.3 Å². The van der Waals surface area contributed by atoms with Gasteiger partial charge in [-0.05, 0) is 0 Å². The Hall–Kier alpha value is -2.37. The lowest BCUT2D eigenvalue weighted by Gasteiger charge is -2.03. The minimum absolute atomic E-state index is 0.262. The van der Waals surface area contributed by atoms with E-state index in [9.17, 15) is 9.59 Å². The summed E-state index contributed by atoms with van der Waals surface area (Å²) in [5.74, 6) is -0.656. The van der Waals surface area contributed by atoms with Crippen LogP contribution in [0.5, 0.6) is 0 Å². The Kier molecular flexibility index (Phi) is 2.55. The molecule has 0 spiro atoms. The number of pyridine rings is 1. The van der Waals surface area contributed by atoms with Gasteiger partial charge in [-0.15, -0.1) is 0 Å². The molecule has 2 aromatic rings. The van der Waals surface area contributed by atoms with Gasteiger partial charge in [-0.3, -0.25) is 4.79 Å². The second-order valence-electron chi connectivity index (χ2n) is 3.18. The highest BCUT2D eigenvalue weighted by atomic mass is 16.5. The second-order valence-corrected chi connectivity index (χ2v) is 3.18. The molecular formula is C10H8N2O4. The lowest BCUT2D eigenvalue weighted by atomic mass is 10.2. The molecule has 6 nitrogen and oxygen atoms in total. The fourth-order valence-electron chi connectivity index (χ4n) is 1.29. The molecule has 0 bridgehead atoms. The molecule has 2 rings (SSSR count). The Morgan fingerprint density at radius 3 is 2.94 bits per heavy atom. The van der Waals surface area contributed by atoms with Crippen molar-refractivity contribution in [3.8, 4) is 0 Å². The number of aromatic nitrogens is 2. The van der Waals surface area contributed by atoms with E-state index < -0.39 is 11.4 Å². The molecule has 0 fully saturated rings. The molecule has 2 heterocycles. The highest BCUT2D eigenvalue weighted by molar-refractivity contribution is 5.86. The molecule has 82 valence electrons. The largest absolute Gasteiger partial charge is 0.477 e. The maximum atomic E-state index is 11.2. The number of carbonyl (C=O) groups is 1. The maximum absolute atomic E-state index is 11.2. The summed E-state index contributed by atoms with van der Waals surface area (Å²) in [4.78, 5) is 21.9. The predicted molar refractivity (Wildman–Crippen MR) is 53.3 cm³/mol. The Morgan fingerprint density at radius 1 is 1.50 bits per heavy atom. The summed E-state index contributed by atoms with van der Waals surface area (Å²) in [6.07, 6.45) is 4.26. The van der Waals surface area contributed by atoms with Crippen molar-refractivity contribution in [2.24, 2.45) is 0 Å². The van der Waals surface area contributed by atoms with Crippen molar-refractivity contribution in [1.29, 1.82) is 0 Å². The summed E-state index contributed by atoms with van der Waals surface area (Å²) in [5, 5.41) is 12.3. The molecule has 0 saturated carbocycles. The average molecular weight is 220 g/mol. The molecule has 2 aromatic heterocycles. The zero-order valence-electron chi connectivity index (χ0n) is 8.16. The van der Waals surface area contributed by atoms with Gasteiger partial charge in [-0.2, -0.15) is 0 Å². The lowest BCUT2D eigenvalue weighted by Crippen LogP contribution is -2.16. The van der Waals surface area contributed by atoms with E-state index in [2.05, 4.69) is 5.16 Å². The second kappa shape index (κ2) is 4.01. The standard InChI is InChI=1S/C10H8N2O4/c13-9-2-4-12(6-8(9)10(14)15)5-7-1-3-11-16-7/h1-4,6H,5H2,(H,14,15). The third-order valence-corrected chi connectivity index (χ3v) is 2.04. The molecular weight excluding hydrogens is 212 g/mol. The first kappa shape index (κ1) is 10.2. The fourth-order valence-corrected chi connectivity index (χ4v) is 1.29. The predicted octanol–water partition coefficient (Wildman–Crippen LogP) is 0.583. The van der Waals surface area contributed by atoms with Crippen molar-refractivity contribution >= 4 is 5.97 Å². The number of hydrogen-bond donors (Lipinski definition) is 1. The maximum Gasteiger partial charge on any atom is 0.341 e. The third kappa shape index (κ3) is 2.00. The zero-order valence-corrected chi connectivity index (χ0v) is 8.16.